The number of primary amides is 1. The minimum Gasteiger partial charge on any atom is -0.480 e. The maximum Gasteiger partial charge on any atom is 0.328 e. The Kier molecular flexibility index (Phi) is 14.0. The summed E-state index contributed by atoms with van der Waals surface area (Å²) in [6.45, 7) is 0.605. The van der Waals surface area contributed by atoms with Crippen molar-refractivity contribution in [2.45, 2.75) is 75.3 Å². The predicted octanol–water partition coefficient (Wildman–Crippen LogP) is -3.76. The van der Waals surface area contributed by atoms with Gasteiger partial charge in [-0.3, -0.25) is 24.0 Å². The molecule has 6 atom stereocenters. The van der Waals surface area contributed by atoms with Gasteiger partial charge in [-0.2, -0.15) is 11.8 Å². The van der Waals surface area contributed by atoms with Crippen molar-refractivity contribution in [3.05, 3.63) is 0 Å². The average Bonchev–Trinajstić information content (AvgIpc) is 3.35. The van der Waals surface area contributed by atoms with Gasteiger partial charge in [-0.15, -0.1) is 0 Å². The van der Waals surface area contributed by atoms with Crippen LogP contribution in [0.2, 0.25) is 0 Å². The summed E-state index contributed by atoms with van der Waals surface area (Å²) in [6.07, 6.45) is 1.15. The van der Waals surface area contributed by atoms with E-state index in [9.17, 15) is 44.1 Å². The van der Waals surface area contributed by atoms with Crippen LogP contribution in [0.3, 0.4) is 0 Å². The maximum atomic E-state index is 12.9. The maximum absolute atomic E-state index is 12.9. The Morgan fingerprint density at radius 2 is 1.68 bits per heavy atom. The van der Waals surface area contributed by atoms with Crippen LogP contribution in [0, 0.1) is 0 Å². The number of carbonyl (C=O) groups is 6. The summed E-state index contributed by atoms with van der Waals surface area (Å²) in [5, 5.41) is 35.5. The molecule has 1 aliphatic heterocycles. The van der Waals surface area contributed by atoms with E-state index in [0.29, 0.717) is 12.2 Å². The van der Waals surface area contributed by atoms with Crippen LogP contribution in [0.15, 0.2) is 0 Å². The molecule has 1 fully saturated rings. The summed E-state index contributed by atoms with van der Waals surface area (Å²) in [5.41, 5.74) is 10.9. The fourth-order valence-electron chi connectivity index (χ4n) is 3.82. The number of nitrogens with zero attached hydrogens (tertiary/aromatic N) is 1. The number of aliphatic hydroxyl groups excluding tert-OH is 2. The Bertz CT molecular complexity index is 874. The van der Waals surface area contributed by atoms with E-state index in [0.717, 1.165) is 0 Å². The normalized spacial score (nSPS) is 19.0. The van der Waals surface area contributed by atoms with Gasteiger partial charge in [0.1, 0.15) is 18.1 Å². The molecule has 0 bridgehead atoms. The number of aliphatic hydroxyl groups is 2. The van der Waals surface area contributed by atoms with E-state index in [4.69, 9.17) is 11.5 Å². The highest BCUT2D eigenvalue weighted by Gasteiger charge is 2.38. The van der Waals surface area contributed by atoms with Gasteiger partial charge in [0.2, 0.25) is 29.5 Å². The smallest absolute Gasteiger partial charge is 0.328 e. The van der Waals surface area contributed by atoms with Crippen LogP contribution in [0.4, 0.5) is 0 Å². The van der Waals surface area contributed by atoms with Crippen LogP contribution >= 0.6 is 11.8 Å². The van der Waals surface area contributed by atoms with Crippen molar-refractivity contribution < 1.29 is 44.1 Å². The number of carbonyl (C=O) groups excluding carboxylic acids is 5. The Balaban J connectivity index is 2.89. The van der Waals surface area contributed by atoms with Gasteiger partial charge in [-0.1, -0.05) is 0 Å². The second-order valence-electron chi connectivity index (χ2n) is 8.95. The molecule has 1 saturated heterocycles. The zero-order valence-electron chi connectivity index (χ0n) is 21.4. The van der Waals surface area contributed by atoms with E-state index < -0.39 is 78.4 Å². The molecule has 0 aromatic rings. The van der Waals surface area contributed by atoms with Gasteiger partial charge in [0.05, 0.1) is 18.8 Å². The van der Waals surface area contributed by atoms with E-state index >= 15 is 0 Å². The SMILES string of the molecule is CSCC[C@H](NC(=O)[C@H](CO)NC(=O)[C@@H]1CCCN1C(=O)[C@@H](N)CCC(N)=O)C(=O)N[C@H](C(=O)O)[C@@H](C)O. The Morgan fingerprint density at radius 1 is 1.05 bits per heavy atom. The summed E-state index contributed by atoms with van der Waals surface area (Å²) >= 11 is 1.37. The Labute approximate surface area is 224 Å². The first-order valence-electron chi connectivity index (χ1n) is 12.1. The van der Waals surface area contributed by atoms with Gasteiger partial charge in [0.15, 0.2) is 6.04 Å². The standard InChI is InChI=1S/C22H38N6O9S/c1-11(30)17(22(36)37)27-18(32)13(7-9-38-2)25-19(33)14(10-29)26-20(34)15-4-3-8-28(15)21(35)12(23)5-6-16(24)31/h11-15,17,29-30H,3-10,23H2,1-2H3,(H2,24,31)(H,25,33)(H,26,34)(H,27,32)(H,36,37)/t11-,12+,13+,14+,15+,17+/m1/s1. The second kappa shape index (κ2) is 16.1. The molecule has 5 amide bonds. The lowest BCUT2D eigenvalue weighted by molar-refractivity contribution is -0.145. The summed E-state index contributed by atoms with van der Waals surface area (Å²) in [7, 11) is 0. The molecule has 0 aromatic heterocycles. The molecule has 38 heavy (non-hydrogen) atoms. The number of hydrogen-bond acceptors (Lipinski definition) is 10. The Morgan fingerprint density at radius 3 is 2.21 bits per heavy atom. The summed E-state index contributed by atoms with van der Waals surface area (Å²) in [5.74, 6) is -4.69. The average molecular weight is 563 g/mol. The number of rotatable bonds is 16. The molecular weight excluding hydrogens is 524 g/mol. The van der Waals surface area contributed by atoms with Gasteiger partial charge in [0, 0.05) is 13.0 Å². The third-order valence-corrected chi connectivity index (χ3v) is 6.61. The van der Waals surface area contributed by atoms with E-state index in [-0.39, 0.29) is 32.2 Å². The molecule has 0 radical (unpaired) electrons. The zero-order valence-corrected chi connectivity index (χ0v) is 22.2. The van der Waals surface area contributed by atoms with Crippen molar-refractivity contribution in [1.29, 1.82) is 0 Å². The van der Waals surface area contributed by atoms with Gasteiger partial charge in [-0.25, -0.2) is 4.79 Å². The first-order valence-corrected chi connectivity index (χ1v) is 13.5. The molecule has 0 aliphatic carbocycles. The highest BCUT2D eigenvalue weighted by Crippen LogP contribution is 2.19. The topological polar surface area (TPSA) is 254 Å². The van der Waals surface area contributed by atoms with Crippen LogP contribution in [0.25, 0.3) is 0 Å². The van der Waals surface area contributed by atoms with Crippen LogP contribution in [0.5, 0.6) is 0 Å². The fourth-order valence-corrected chi connectivity index (χ4v) is 4.29. The fraction of sp³-hybridized carbons (Fsp3) is 0.727. The lowest BCUT2D eigenvalue weighted by Crippen LogP contribution is -2.59. The van der Waals surface area contributed by atoms with Crippen molar-refractivity contribution in [2.24, 2.45) is 11.5 Å². The number of nitrogens with two attached hydrogens (primary N) is 2. The third kappa shape index (κ3) is 10.1. The quantitative estimate of drug-likeness (QED) is 0.0906. The van der Waals surface area contributed by atoms with E-state index in [1.54, 1.807) is 6.26 Å². The Hall–Kier alpha value is -2.95. The summed E-state index contributed by atoms with van der Waals surface area (Å²) in [6, 6.07) is -6.29. The van der Waals surface area contributed by atoms with E-state index in [1.165, 1.54) is 23.6 Å². The molecule has 216 valence electrons. The van der Waals surface area contributed by atoms with Gasteiger partial charge < -0.3 is 47.6 Å². The van der Waals surface area contributed by atoms with Crippen molar-refractivity contribution in [3.63, 3.8) is 0 Å². The first-order chi connectivity index (χ1) is 17.8. The molecule has 0 unspecified atom stereocenters. The van der Waals surface area contributed by atoms with Crippen molar-refractivity contribution in [2.75, 3.05) is 25.2 Å². The molecule has 0 aromatic carbocycles. The largest absolute Gasteiger partial charge is 0.480 e. The van der Waals surface area contributed by atoms with Crippen LogP contribution in [-0.2, 0) is 28.8 Å². The molecular formula is C22H38N6O9S. The molecule has 0 saturated carbocycles. The number of carboxylic acid groups (broad SMARTS) is 1. The molecule has 1 heterocycles. The number of hydrogen-bond donors (Lipinski definition) is 8. The van der Waals surface area contributed by atoms with E-state index in [1.807, 2.05) is 0 Å². The number of nitrogens with one attached hydrogen (secondary N) is 3. The highest BCUT2D eigenvalue weighted by atomic mass is 32.2. The molecule has 15 nitrogen and oxygen atoms in total. The minimum atomic E-state index is -1.61. The number of carboxylic acids is 1. The van der Waals surface area contributed by atoms with Crippen LogP contribution in [-0.4, -0.2) is 117 Å². The van der Waals surface area contributed by atoms with Gasteiger partial charge in [-0.05, 0) is 44.6 Å². The summed E-state index contributed by atoms with van der Waals surface area (Å²) in [4.78, 5) is 74.7. The zero-order chi connectivity index (χ0) is 29.0. The number of likely N-dealkylation sites (tertiary alicyclic amines) is 1. The molecule has 0 spiro atoms. The van der Waals surface area contributed by atoms with Crippen LogP contribution in [0.1, 0.15) is 39.0 Å². The summed E-state index contributed by atoms with van der Waals surface area (Å²) < 4.78 is 0. The molecule has 16 heteroatoms. The minimum absolute atomic E-state index is 0.0119. The predicted molar refractivity (Wildman–Crippen MR) is 136 cm³/mol. The monoisotopic (exact) mass is 562 g/mol. The van der Waals surface area contributed by atoms with E-state index in [2.05, 4.69) is 16.0 Å². The van der Waals surface area contributed by atoms with Gasteiger partial charge >= 0.3 is 5.97 Å². The van der Waals surface area contributed by atoms with Crippen molar-refractivity contribution in [3.8, 4) is 0 Å². The third-order valence-electron chi connectivity index (χ3n) is 5.96. The first kappa shape index (κ1) is 33.1. The lowest BCUT2D eigenvalue weighted by atomic mass is 10.1. The number of amides is 5. The second-order valence-corrected chi connectivity index (χ2v) is 9.94. The molecule has 10 N–H and O–H groups in total. The molecule has 1 aliphatic rings. The highest BCUT2D eigenvalue weighted by molar-refractivity contribution is 7.98. The van der Waals surface area contributed by atoms with Crippen molar-refractivity contribution in [1.82, 2.24) is 20.9 Å². The van der Waals surface area contributed by atoms with Crippen LogP contribution < -0.4 is 27.4 Å². The lowest BCUT2D eigenvalue weighted by Gasteiger charge is -2.28. The number of thioether (sulfide) groups is 1. The molecule has 1 rings (SSSR count). The van der Waals surface area contributed by atoms with Gasteiger partial charge in [0.25, 0.3) is 0 Å². The number of aliphatic carboxylic acids is 1. The van der Waals surface area contributed by atoms with Crippen molar-refractivity contribution >= 4 is 47.3 Å².